The Kier molecular flexibility index (Phi) is 3.27. The zero-order chi connectivity index (χ0) is 14.8. The van der Waals surface area contributed by atoms with Crippen LogP contribution >= 0.6 is 0 Å². The Bertz CT molecular complexity index is 718. The molecule has 0 aliphatic carbocycles. The second-order valence-electron chi connectivity index (χ2n) is 4.56. The van der Waals surface area contributed by atoms with Crippen LogP contribution < -0.4 is 15.5 Å². The molecule has 3 rings (SSSR count). The molecule has 0 aromatic heterocycles. The lowest BCUT2D eigenvalue weighted by Gasteiger charge is -2.29. The van der Waals surface area contributed by atoms with Crippen LogP contribution in [-0.2, 0) is 4.79 Å². The zero-order valence-corrected chi connectivity index (χ0v) is 11.0. The molecule has 106 valence electrons. The molecule has 0 saturated heterocycles. The first-order valence-electron chi connectivity index (χ1n) is 6.37. The lowest BCUT2D eigenvalue weighted by atomic mass is 10.2. The molecule has 0 atom stereocenters. The maximum atomic E-state index is 13.6. The minimum atomic E-state index is -0.553. The molecule has 3 amide bonds. The summed E-state index contributed by atoms with van der Waals surface area (Å²) < 4.78 is 13.6. The Morgan fingerprint density at radius 1 is 1.14 bits per heavy atom. The van der Waals surface area contributed by atoms with Gasteiger partial charge >= 0.3 is 6.03 Å². The molecule has 0 spiro atoms. The summed E-state index contributed by atoms with van der Waals surface area (Å²) in [6.07, 6.45) is 0. The van der Waals surface area contributed by atoms with Gasteiger partial charge in [0.25, 0.3) is 0 Å². The topological polar surface area (TPSA) is 61.4 Å². The normalized spacial score (nSPS) is 13.4. The fourth-order valence-corrected chi connectivity index (χ4v) is 2.16. The smallest absolute Gasteiger partial charge is 0.323 e. The van der Waals surface area contributed by atoms with E-state index in [1.165, 1.54) is 23.1 Å². The number of rotatable bonds is 1. The molecule has 0 radical (unpaired) electrons. The highest BCUT2D eigenvalue weighted by Crippen LogP contribution is 2.29. The number of urea groups is 1. The molecule has 0 bridgehead atoms. The number of amides is 3. The van der Waals surface area contributed by atoms with E-state index in [9.17, 15) is 14.0 Å². The van der Waals surface area contributed by atoms with E-state index >= 15 is 0 Å². The van der Waals surface area contributed by atoms with Gasteiger partial charge in [-0.15, -0.1) is 0 Å². The van der Waals surface area contributed by atoms with Crippen molar-refractivity contribution in [2.24, 2.45) is 0 Å². The minimum absolute atomic E-state index is 0.0750. The van der Waals surface area contributed by atoms with Crippen molar-refractivity contribution in [2.75, 3.05) is 22.1 Å². The Hall–Kier alpha value is -2.89. The number of para-hydroxylation sites is 3. The summed E-state index contributed by atoms with van der Waals surface area (Å²) >= 11 is 0. The molecular formula is C15H12FN3O2. The van der Waals surface area contributed by atoms with E-state index < -0.39 is 11.8 Å². The highest BCUT2D eigenvalue weighted by molar-refractivity contribution is 6.12. The molecule has 1 heterocycles. The summed E-state index contributed by atoms with van der Waals surface area (Å²) in [6, 6.07) is 12.3. The van der Waals surface area contributed by atoms with Crippen LogP contribution in [0.15, 0.2) is 48.5 Å². The Morgan fingerprint density at radius 3 is 2.67 bits per heavy atom. The minimum Gasteiger partial charge on any atom is -0.323 e. The van der Waals surface area contributed by atoms with Gasteiger partial charge in [-0.3, -0.25) is 9.69 Å². The Morgan fingerprint density at radius 2 is 1.86 bits per heavy atom. The van der Waals surface area contributed by atoms with Gasteiger partial charge < -0.3 is 10.6 Å². The number of hydrogen-bond donors (Lipinski definition) is 2. The summed E-state index contributed by atoms with van der Waals surface area (Å²) in [5.74, 6) is -0.821. The van der Waals surface area contributed by atoms with E-state index in [-0.39, 0.29) is 18.1 Å². The van der Waals surface area contributed by atoms with E-state index in [1.54, 1.807) is 30.3 Å². The second kappa shape index (κ2) is 5.24. The maximum absolute atomic E-state index is 13.6. The first-order chi connectivity index (χ1) is 10.1. The summed E-state index contributed by atoms with van der Waals surface area (Å²) in [5.41, 5.74) is 1.20. The fraction of sp³-hybridized carbons (Fsp3) is 0.0667. The van der Waals surface area contributed by atoms with E-state index in [4.69, 9.17) is 0 Å². The molecule has 21 heavy (non-hydrogen) atoms. The van der Waals surface area contributed by atoms with Crippen molar-refractivity contribution in [1.29, 1.82) is 0 Å². The van der Waals surface area contributed by atoms with Gasteiger partial charge in [-0.05, 0) is 24.3 Å². The highest BCUT2D eigenvalue weighted by Gasteiger charge is 2.26. The number of fused-ring (bicyclic) bond motifs is 1. The average Bonchev–Trinajstić information content (AvgIpc) is 2.48. The monoisotopic (exact) mass is 285 g/mol. The molecule has 5 nitrogen and oxygen atoms in total. The summed E-state index contributed by atoms with van der Waals surface area (Å²) in [4.78, 5) is 25.2. The van der Waals surface area contributed by atoms with Gasteiger partial charge in [-0.2, -0.15) is 0 Å². The van der Waals surface area contributed by atoms with Gasteiger partial charge in [0.05, 0.1) is 17.1 Å². The highest BCUT2D eigenvalue weighted by atomic mass is 19.1. The van der Waals surface area contributed by atoms with Crippen LogP contribution in [0.1, 0.15) is 0 Å². The summed E-state index contributed by atoms with van der Waals surface area (Å²) in [7, 11) is 0. The number of anilines is 3. The zero-order valence-electron chi connectivity index (χ0n) is 11.0. The van der Waals surface area contributed by atoms with Gasteiger partial charge in [-0.1, -0.05) is 24.3 Å². The molecule has 0 unspecified atom stereocenters. The van der Waals surface area contributed by atoms with Crippen LogP contribution in [0.5, 0.6) is 0 Å². The second-order valence-corrected chi connectivity index (χ2v) is 4.56. The summed E-state index contributed by atoms with van der Waals surface area (Å²) in [6.45, 7) is -0.114. The largest absolute Gasteiger partial charge is 0.326 e. The van der Waals surface area contributed by atoms with Crippen molar-refractivity contribution in [1.82, 2.24) is 0 Å². The van der Waals surface area contributed by atoms with Gasteiger partial charge in [0.15, 0.2) is 0 Å². The fourth-order valence-electron chi connectivity index (χ4n) is 2.16. The molecule has 2 aromatic carbocycles. The van der Waals surface area contributed by atoms with Crippen molar-refractivity contribution in [3.63, 3.8) is 0 Å². The van der Waals surface area contributed by atoms with Crippen molar-refractivity contribution in [3.05, 3.63) is 54.3 Å². The van der Waals surface area contributed by atoms with Gasteiger partial charge in [0.1, 0.15) is 12.4 Å². The van der Waals surface area contributed by atoms with Gasteiger partial charge in [-0.25, -0.2) is 9.18 Å². The van der Waals surface area contributed by atoms with Crippen molar-refractivity contribution in [3.8, 4) is 0 Å². The molecule has 1 aliphatic heterocycles. The van der Waals surface area contributed by atoms with Crippen LogP contribution in [0.4, 0.5) is 26.2 Å². The van der Waals surface area contributed by atoms with Crippen LogP contribution in [0, 0.1) is 5.82 Å². The van der Waals surface area contributed by atoms with Crippen LogP contribution in [0.2, 0.25) is 0 Å². The third kappa shape index (κ3) is 2.55. The van der Waals surface area contributed by atoms with E-state index in [0.717, 1.165) is 0 Å². The third-order valence-corrected chi connectivity index (χ3v) is 3.13. The molecule has 1 aliphatic rings. The number of carbonyl (C=O) groups excluding carboxylic acids is 2. The summed E-state index contributed by atoms with van der Waals surface area (Å²) in [5, 5.41) is 5.16. The molecule has 2 N–H and O–H groups in total. The first-order valence-corrected chi connectivity index (χ1v) is 6.37. The van der Waals surface area contributed by atoms with E-state index in [0.29, 0.717) is 11.4 Å². The number of carbonyl (C=O) groups is 2. The van der Waals surface area contributed by atoms with E-state index in [1.807, 2.05) is 0 Å². The Balaban J connectivity index is 1.88. The Labute approximate surface area is 120 Å². The number of nitrogens with zero attached hydrogens (tertiary/aromatic N) is 1. The number of halogens is 1. The predicted molar refractivity (Wildman–Crippen MR) is 77.8 cm³/mol. The lowest BCUT2D eigenvalue weighted by molar-refractivity contribution is -0.115. The number of benzene rings is 2. The van der Waals surface area contributed by atoms with E-state index in [2.05, 4.69) is 10.6 Å². The molecule has 0 fully saturated rings. The lowest BCUT2D eigenvalue weighted by Crippen LogP contribution is -2.44. The number of nitrogens with one attached hydrogen (secondary N) is 2. The SMILES string of the molecule is O=C1CN(C(=O)Nc2ccccc2F)c2ccccc2N1. The quantitative estimate of drug-likeness (QED) is 0.846. The number of hydrogen-bond acceptors (Lipinski definition) is 2. The van der Waals surface area contributed by atoms with Crippen LogP contribution in [0.3, 0.4) is 0 Å². The van der Waals surface area contributed by atoms with Gasteiger partial charge in [0, 0.05) is 0 Å². The first kappa shape index (κ1) is 13.1. The van der Waals surface area contributed by atoms with Crippen molar-refractivity contribution < 1.29 is 14.0 Å². The average molecular weight is 285 g/mol. The van der Waals surface area contributed by atoms with Crippen LogP contribution in [-0.4, -0.2) is 18.5 Å². The molecule has 0 saturated carbocycles. The van der Waals surface area contributed by atoms with Crippen molar-refractivity contribution >= 4 is 29.0 Å². The standard InChI is InChI=1S/C15H12FN3O2/c16-10-5-1-2-6-11(10)18-15(21)19-9-14(20)17-12-7-3-4-8-13(12)19/h1-8H,9H2,(H,17,20)(H,18,21). The van der Waals surface area contributed by atoms with Gasteiger partial charge in [0.2, 0.25) is 5.91 Å². The van der Waals surface area contributed by atoms with Crippen LogP contribution in [0.25, 0.3) is 0 Å². The third-order valence-electron chi connectivity index (χ3n) is 3.13. The predicted octanol–water partition coefficient (Wildman–Crippen LogP) is 2.82. The molecule has 2 aromatic rings. The maximum Gasteiger partial charge on any atom is 0.326 e. The molecular weight excluding hydrogens is 273 g/mol. The molecule has 6 heteroatoms. The van der Waals surface area contributed by atoms with Crippen molar-refractivity contribution in [2.45, 2.75) is 0 Å².